The molecule has 4 aromatic rings. The first kappa shape index (κ1) is 22.5. The number of benzene rings is 1. The Morgan fingerprint density at radius 1 is 0.943 bits per heavy atom. The van der Waals surface area contributed by atoms with Gasteiger partial charge >= 0.3 is 0 Å². The summed E-state index contributed by atoms with van der Waals surface area (Å²) in [4.78, 5) is 32.8. The Hall–Kier alpha value is -4.33. The first-order valence-electron chi connectivity index (χ1n) is 11.8. The fourth-order valence-electron chi connectivity index (χ4n) is 4.11. The van der Waals surface area contributed by atoms with Crippen molar-refractivity contribution in [1.82, 2.24) is 19.9 Å². The standard InChI is InChI=1S/C27H27N7O/c1-19-7-8-22(31-26(35)20-9-12-29-25(16-20)34-14-3-2-4-15-34)17-24(19)33-27-30-13-10-23(32-27)21-6-5-11-28-18-21/h5-13,16-18H,2-4,14-15H2,1H3,(H,31,35)(H,30,32,33). The normalized spacial score (nSPS) is 13.3. The van der Waals surface area contributed by atoms with Crippen molar-refractivity contribution in [2.75, 3.05) is 28.6 Å². The molecule has 0 atom stereocenters. The molecule has 8 nitrogen and oxygen atoms in total. The fourth-order valence-corrected chi connectivity index (χ4v) is 4.11. The average molecular weight is 466 g/mol. The van der Waals surface area contributed by atoms with Gasteiger partial charge in [0.1, 0.15) is 5.82 Å². The molecule has 0 radical (unpaired) electrons. The van der Waals surface area contributed by atoms with Crippen molar-refractivity contribution in [3.05, 3.63) is 84.4 Å². The lowest BCUT2D eigenvalue weighted by Crippen LogP contribution is -2.30. The van der Waals surface area contributed by atoms with Crippen LogP contribution in [0.5, 0.6) is 0 Å². The SMILES string of the molecule is Cc1ccc(NC(=O)c2ccnc(N3CCCCC3)c2)cc1Nc1nccc(-c2cccnc2)n1. The van der Waals surface area contributed by atoms with Crippen LogP contribution in [0.1, 0.15) is 35.2 Å². The molecule has 3 aromatic heterocycles. The van der Waals surface area contributed by atoms with Crippen LogP contribution < -0.4 is 15.5 Å². The highest BCUT2D eigenvalue weighted by molar-refractivity contribution is 6.05. The van der Waals surface area contributed by atoms with Crippen molar-refractivity contribution in [3.8, 4) is 11.3 Å². The van der Waals surface area contributed by atoms with Gasteiger partial charge in [0.25, 0.3) is 5.91 Å². The molecule has 8 heteroatoms. The molecule has 1 aromatic carbocycles. The Balaban J connectivity index is 1.31. The van der Waals surface area contributed by atoms with Crippen molar-refractivity contribution >= 4 is 29.0 Å². The molecule has 0 spiro atoms. The van der Waals surface area contributed by atoms with E-state index in [-0.39, 0.29) is 5.91 Å². The van der Waals surface area contributed by atoms with Crippen LogP contribution in [0.3, 0.4) is 0 Å². The minimum Gasteiger partial charge on any atom is -0.357 e. The predicted molar refractivity (Wildman–Crippen MR) is 138 cm³/mol. The van der Waals surface area contributed by atoms with E-state index in [1.54, 1.807) is 30.9 Å². The Labute approximate surface area is 204 Å². The quantitative estimate of drug-likeness (QED) is 0.403. The summed E-state index contributed by atoms with van der Waals surface area (Å²) in [5.41, 5.74) is 4.78. The smallest absolute Gasteiger partial charge is 0.255 e. The fraction of sp³-hybridized carbons (Fsp3) is 0.222. The highest BCUT2D eigenvalue weighted by Crippen LogP contribution is 2.25. The number of amides is 1. The maximum Gasteiger partial charge on any atom is 0.255 e. The van der Waals surface area contributed by atoms with Gasteiger partial charge in [-0.15, -0.1) is 0 Å². The molecule has 5 rings (SSSR count). The van der Waals surface area contributed by atoms with E-state index in [0.29, 0.717) is 17.2 Å². The third kappa shape index (κ3) is 5.43. The Morgan fingerprint density at radius 3 is 2.63 bits per heavy atom. The third-order valence-electron chi connectivity index (χ3n) is 6.04. The number of rotatable bonds is 6. The molecule has 0 bridgehead atoms. The minimum atomic E-state index is -0.171. The van der Waals surface area contributed by atoms with Crippen LogP contribution in [0.2, 0.25) is 0 Å². The van der Waals surface area contributed by atoms with Crippen LogP contribution >= 0.6 is 0 Å². The Bertz CT molecular complexity index is 1320. The van der Waals surface area contributed by atoms with Gasteiger partial charge in [-0.1, -0.05) is 6.07 Å². The van der Waals surface area contributed by atoms with E-state index >= 15 is 0 Å². The second kappa shape index (κ2) is 10.3. The van der Waals surface area contributed by atoms with Crippen LogP contribution in [-0.4, -0.2) is 38.9 Å². The van der Waals surface area contributed by atoms with Gasteiger partial charge in [0.15, 0.2) is 0 Å². The molecular formula is C27H27N7O. The van der Waals surface area contributed by atoms with E-state index in [4.69, 9.17) is 0 Å². The lowest BCUT2D eigenvalue weighted by Gasteiger charge is -2.27. The van der Waals surface area contributed by atoms with Gasteiger partial charge in [-0.2, -0.15) is 0 Å². The largest absolute Gasteiger partial charge is 0.357 e. The Morgan fingerprint density at radius 2 is 1.80 bits per heavy atom. The van der Waals surface area contributed by atoms with Crippen LogP contribution in [0.25, 0.3) is 11.3 Å². The van der Waals surface area contributed by atoms with Crippen molar-refractivity contribution in [1.29, 1.82) is 0 Å². The van der Waals surface area contributed by atoms with Crippen LogP contribution in [0.15, 0.2) is 73.3 Å². The lowest BCUT2D eigenvalue weighted by atomic mass is 10.1. The van der Waals surface area contributed by atoms with E-state index in [0.717, 1.165) is 54.3 Å². The number of anilines is 4. The van der Waals surface area contributed by atoms with Gasteiger partial charge in [0.2, 0.25) is 5.95 Å². The first-order chi connectivity index (χ1) is 17.2. The monoisotopic (exact) mass is 465 g/mol. The molecule has 1 amide bonds. The zero-order valence-corrected chi connectivity index (χ0v) is 19.6. The maximum atomic E-state index is 13.0. The molecule has 35 heavy (non-hydrogen) atoms. The molecule has 0 unspecified atom stereocenters. The summed E-state index contributed by atoms with van der Waals surface area (Å²) in [6.07, 6.45) is 10.5. The third-order valence-corrected chi connectivity index (χ3v) is 6.04. The number of carbonyl (C=O) groups is 1. The van der Waals surface area contributed by atoms with E-state index in [1.165, 1.54) is 6.42 Å². The molecule has 1 fully saturated rings. The highest BCUT2D eigenvalue weighted by atomic mass is 16.1. The van der Waals surface area contributed by atoms with E-state index < -0.39 is 0 Å². The van der Waals surface area contributed by atoms with Crippen molar-refractivity contribution in [2.45, 2.75) is 26.2 Å². The number of piperidine rings is 1. The summed E-state index contributed by atoms with van der Waals surface area (Å²) < 4.78 is 0. The van der Waals surface area contributed by atoms with Crippen molar-refractivity contribution in [2.24, 2.45) is 0 Å². The van der Waals surface area contributed by atoms with Gasteiger partial charge in [-0.25, -0.2) is 15.0 Å². The molecule has 1 saturated heterocycles. The van der Waals surface area contributed by atoms with Crippen LogP contribution in [0.4, 0.5) is 23.1 Å². The summed E-state index contributed by atoms with van der Waals surface area (Å²) >= 11 is 0. The van der Waals surface area contributed by atoms with Crippen LogP contribution in [0, 0.1) is 6.92 Å². The van der Waals surface area contributed by atoms with E-state index in [9.17, 15) is 4.79 Å². The first-order valence-corrected chi connectivity index (χ1v) is 11.8. The van der Waals surface area contributed by atoms with Crippen molar-refractivity contribution < 1.29 is 4.79 Å². The molecule has 1 aliphatic rings. The van der Waals surface area contributed by atoms with Gasteiger partial charge in [0.05, 0.1) is 5.69 Å². The summed E-state index contributed by atoms with van der Waals surface area (Å²) in [6.45, 7) is 3.96. The number of hydrogen-bond acceptors (Lipinski definition) is 7. The molecule has 176 valence electrons. The van der Waals surface area contributed by atoms with Crippen molar-refractivity contribution in [3.63, 3.8) is 0 Å². The van der Waals surface area contributed by atoms with Gasteiger partial charge in [-0.3, -0.25) is 9.78 Å². The summed E-state index contributed by atoms with van der Waals surface area (Å²) in [6, 6.07) is 15.0. The van der Waals surface area contributed by atoms with Gasteiger partial charge in [0, 0.05) is 60.4 Å². The second-order valence-corrected chi connectivity index (χ2v) is 8.57. The molecule has 4 heterocycles. The molecule has 2 N–H and O–H groups in total. The number of hydrogen-bond donors (Lipinski definition) is 2. The molecule has 0 aliphatic carbocycles. The maximum absolute atomic E-state index is 13.0. The molecule has 1 aliphatic heterocycles. The number of aromatic nitrogens is 4. The lowest BCUT2D eigenvalue weighted by molar-refractivity contribution is 0.102. The average Bonchev–Trinajstić information content (AvgIpc) is 2.92. The number of nitrogens with one attached hydrogen (secondary N) is 2. The Kier molecular flexibility index (Phi) is 6.61. The summed E-state index contributed by atoms with van der Waals surface area (Å²) in [7, 11) is 0. The summed E-state index contributed by atoms with van der Waals surface area (Å²) in [5, 5.41) is 6.28. The second-order valence-electron chi connectivity index (χ2n) is 8.57. The van der Waals surface area contributed by atoms with E-state index in [1.807, 2.05) is 49.4 Å². The van der Waals surface area contributed by atoms with Gasteiger partial charge < -0.3 is 15.5 Å². The zero-order chi connectivity index (χ0) is 24.0. The summed E-state index contributed by atoms with van der Waals surface area (Å²) in [5.74, 6) is 1.16. The number of carbonyl (C=O) groups excluding carboxylic acids is 1. The minimum absolute atomic E-state index is 0.171. The number of aryl methyl sites for hydroxylation is 1. The predicted octanol–water partition coefficient (Wildman–Crippen LogP) is 5.23. The molecule has 0 saturated carbocycles. The molecular weight excluding hydrogens is 438 g/mol. The number of pyridine rings is 2. The highest BCUT2D eigenvalue weighted by Gasteiger charge is 2.15. The zero-order valence-electron chi connectivity index (χ0n) is 19.6. The van der Waals surface area contributed by atoms with E-state index in [2.05, 4.69) is 35.5 Å². The van der Waals surface area contributed by atoms with Gasteiger partial charge in [-0.05, 0) is 74.2 Å². The number of nitrogens with zero attached hydrogens (tertiary/aromatic N) is 5. The topological polar surface area (TPSA) is 95.9 Å². The van der Waals surface area contributed by atoms with Crippen LogP contribution in [-0.2, 0) is 0 Å².